The molecular weight excluding hydrogens is 898 g/mol. The SMILES string of the molecule is CCCCCCCCCCCCCCCC/C=C/CC/C=C/C(O)C(COP(=O)(O)OC1C(O)C(O)C(O)C(O)C1O)NC(=O)CC(O)CCCCCCCCCCCCCCCCCCCCC. The van der Waals surface area contributed by atoms with E-state index in [1.807, 2.05) is 0 Å². The van der Waals surface area contributed by atoms with E-state index in [0.717, 1.165) is 44.9 Å². The standard InChI is InChI=1S/C55H106NO12P/c1-3-5-7-9-11-13-15-17-19-21-23-25-27-29-31-33-35-37-39-41-43-48(58)47(45-67-69(65,66)68-55-53(63)51(61)50(60)52(62)54(55)64)56-49(59)44-46(57)42-40-38-36-34-32-30-28-26-24-22-20-18-16-14-12-10-8-6-4-2/h33,35,41,43,46-48,50-55,57-58,60-64H,3-32,34,36-40,42,44-45H2,1-2H3,(H,56,59)(H,65,66)/b35-33+,43-41+. The van der Waals surface area contributed by atoms with E-state index in [9.17, 15) is 50.0 Å². The van der Waals surface area contributed by atoms with Gasteiger partial charge in [0.1, 0.15) is 36.6 Å². The van der Waals surface area contributed by atoms with Gasteiger partial charge in [-0.15, -0.1) is 0 Å². The number of aliphatic hydroxyl groups is 7. The van der Waals surface area contributed by atoms with Gasteiger partial charge in [-0.3, -0.25) is 13.8 Å². The average molecular weight is 1000 g/mol. The molecule has 0 aromatic rings. The Morgan fingerprint density at radius 3 is 1.28 bits per heavy atom. The molecule has 0 bridgehead atoms. The van der Waals surface area contributed by atoms with E-state index in [1.54, 1.807) is 6.08 Å². The van der Waals surface area contributed by atoms with Crippen molar-refractivity contribution in [2.75, 3.05) is 6.61 Å². The minimum Gasteiger partial charge on any atom is -0.393 e. The normalized spacial score (nSPS) is 22.1. The van der Waals surface area contributed by atoms with E-state index in [-0.39, 0.29) is 6.42 Å². The van der Waals surface area contributed by atoms with E-state index < -0.39 is 75.2 Å². The van der Waals surface area contributed by atoms with E-state index in [1.165, 1.54) is 186 Å². The third-order valence-electron chi connectivity index (χ3n) is 13.8. The molecule has 0 heterocycles. The lowest BCUT2D eigenvalue weighted by atomic mass is 9.85. The Bertz CT molecular complexity index is 1270. The molecule has 8 unspecified atom stereocenters. The molecule has 0 spiro atoms. The Hall–Kier alpha value is -1.22. The van der Waals surface area contributed by atoms with Crippen LogP contribution < -0.4 is 5.32 Å². The number of hydrogen-bond acceptors (Lipinski definition) is 11. The number of amides is 1. The van der Waals surface area contributed by atoms with E-state index in [4.69, 9.17) is 9.05 Å². The van der Waals surface area contributed by atoms with Gasteiger partial charge in [0, 0.05) is 0 Å². The summed E-state index contributed by atoms with van der Waals surface area (Å²) >= 11 is 0. The third-order valence-corrected chi connectivity index (χ3v) is 14.8. The smallest absolute Gasteiger partial charge is 0.393 e. The van der Waals surface area contributed by atoms with Crippen LogP contribution in [0.5, 0.6) is 0 Å². The van der Waals surface area contributed by atoms with Gasteiger partial charge in [-0.25, -0.2) is 4.57 Å². The number of nitrogens with one attached hydrogen (secondary N) is 1. The van der Waals surface area contributed by atoms with Crippen molar-refractivity contribution in [2.45, 2.75) is 313 Å². The number of rotatable bonds is 48. The number of carbonyl (C=O) groups excluding carboxylic acids is 1. The zero-order valence-electron chi connectivity index (χ0n) is 43.7. The summed E-state index contributed by atoms with van der Waals surface area (Å²) in [6.07, 6.45) is 38.3. The van der Waals surface area contributed by atoms with Gasteiger partial charge < -0.3 is 46.0 Å². The monoisotopic (exact) mass is 1000 g/mol. The molecule has 408 valence electrons. The predicted octanol–water partition coefficient (Wildman–Crippen LogP) is 11.5. The summed E-state index contributed by atoms with van der Waals surface area (Å²) in [6, 6.07) is -1.25. The Morgan fingerprint density at radius 2 is 0.855 bits per heavy atom. The number of phosphoric acid groups is 1. The average Bonchev–Trinajstić information content (AvgIpc) is 3.32. The van der Waals surface area contributed by atoms with Crippen LogP contribution in [-0.2, 0) is 18.4 Å². The molecule has 0 saturated heterocycles. The van der Waals surface area contributed by atoms with Gasteiger partial charge in [0.25, 0.3) is 0 Å². The lowest BCUT2D eigenvalue weighted by Gasteiger charge is -2.41. The highest BCUT2D eigenvalue weighted by atomic mass is 31.2. The largest absolute Gasteiger partial charge is 0.472 e. The zero-order valence-corrected chi connectivity index (χ0v) is 44.6. The molecule has 69 heavy (non-hydrogen) atoms. The molecule has 1 aliphatic carbocycles. The Morgan fingerprint density at radius 1 is 0.507 bits per heavy atom. The number of phosphoric ester groups is 1. The number of hydrogen-bond donors (Lipinski definition) is 9. The molecule has 1 saturated carbocycles. The lowest BCUT2D eigenvalue weighted by molar-refractivity contribution is -0.220. The summed E-state index contributed by atoms with van der Waals surface area (Å²) in [5.74, 6) is -0.597. The van der Waals surface area contributed by atoms with Crippen LogP contribution in [0.15, 0.2) is 24.3 Å². The van der Waals surface area contributed by atoms with E-state index in [0.29, 0.717) is 12.8 Å². The Labute approximate surface area is 420 Å². The molecule has 1 aliphatic rings. The van der Waals surface area contributed by atoms with Crippen molar-refractivity contribution >= 4 is 13.7 Å². The second-order valence-corrected chi connectivity index (χ2v) is 21.7. The van der Waals surface area contributed by atoms with Gasteiger partial charge in [0.2, 0.25) is 5.91 Å². The highest BCUT2D eigenvalue weighted by Gasteiger charge is 2.51. The molecule has 1 fully saturated rings. The summed E-state index contributed by atoms with van der Waals surface area (Å²) in [4.78, 5) is 23.6. The molecule has 0 aliphatic heterocycles. The van der Waals surface area contributed by atoms with Crippen molar-refractivity contribution < 1.29 is 59.0 Å². The van der Waals surface area contributed by atoms with Crippen LogP contribution in [0, 0.1) is 0 Å². The van der Waals surface area contributed by atoms with Crippen LogP contribution >= 0.6 is 7.82 Å². The van der Waals surface area contributed by atoms with Crippen LogP contribution in [-0.4, -0.2) is 108 Å². The second kappa shape index (κ2) is 44.3. The molecule has 13 nitrogen and oxygen atoms in total. The molecular formula is C55H106NO12P. The van der Waals surface area contributed by atoms with Gasteiger partial charge in [-0.05, 0) is 32.1 Å². The maximum atomic E-state index is 13.1. The van der Waals surface area contributed by atoms with Crippen molar-refractivity contribution in [3.63, 3.8) is 0 Å². The van der Waals surface area contributed by atoms with Crippen molar-refractivity contribution in [2.24, 2.45) is 0 Å². The molecule has 8 atom stereocenters. The van der Waals surface area contributed by atoms with Gasteiger partial charge in [0.15, 0.2) is 0 Å². The first-order chi connectivity index (χ1) is 33.3. The van der Waals surface area contributed by atoms with Gasteiger partial charge >= 0.3 is 7.82 Å². The molecule has 0 radical (unpaired) electrons. The molecule has 9 N–H and O–H groups in total. The van der Waals surface area contributed by atoms with Gasteiger partial charge in [-0.1, -0.05) is 244 Å². The van der Waals surface area contributed by atoms with Crippen molar-refractivity contribution in [3.05, 3.63) is 24.3 Å². The van der Waals surface area contributed by atoms with Crippen LogP contribution in [0.3, 0.4) is 0 Å². The fourth-order valence-corrected chi connectivity index (χ4v) is 10.2. The summed E-state index contributed by atoms with van der Waals surface area (Å²) in [7, 11) is -5.15. The number of aliphatic hydroxyl groups excluding tert-OH is 7. The zero-order chi connectivity index (χ0) is 50.8. The number of allylic oxidation sites excluding steroid dienone is 3. The summed E-state index contributed by atoms with van der Waals surface area (Å²) in [6.45, 7) is 3.78. The number of unbranched alkanes of at least 4 members (excludes halogenated alkanes) is 33. The summed E-state index contributed by atoms with van der Waals surface area (Å²) in [5.41, 5.74) is 0. The molecule has 1 amide bonds. The van der Waals surface area contributed by atoms with Crippen LogP contribution in [0.2, 0.25) is 0 Å². The van der Waals surface area contributed by atoms with Crippen molar-refractivity contribution in [1.29, 1.82) is 0 Å². The highest BCUT2D eigenvalue weighted by molar-refractivity contribution is 7.47. The maximum Gasteiger partial charge on any atom is 0.472 e. The summed E-state index contributed by atoms with van der Waals surface area (Å²) < 4.78 is 23.0. The highest BCUT2D eigenvalue weighted by Crippen LogP contribution is 2.47. The van der Waals surface area contributed by atoms with Crippen LogP contribution in [0.25, 0.3) is 0 Å². The first-order valence-electron chi connectivity index (χ1n) is 28.4. The molecule has 14 heteroatoms. The molecule has 0 aromatic heterocycles. The lowest BCUT2D eigenvalue weighted by Crippen LogP contribution is -2.64. The minimum absolute atomic E-state index is 0.248. The maximum absolute atomic E-state index is 13.1. The van der Waals surface area contributed by atoms with E-state index in [2.05, 4.69) is 31.3 Å². The first-order valence-corrected chi connectivity index (χ1v) is 29.9. The van der Waals surface area contributed by atoms with Crippen LogP contribution in [0.4, 0.5) is 0 Å². The van der Waals surface area contributed by atoms with E-state index >= 15 is 0 Å². The quantitative estimate of drug-likeness (QED) is 0.0158. The fourth-order valence-electron chi connectivity index (χ4n) is 9.20. The fraction of sp³-hybridized carbons (Fsp3) is 0.909. The predicted molar refractivity (Wildman–Crippen MR) is 280 cm³/mol. The Kier molecular flexibility index (Phi) is 42.2. The van der Waals surface area contributed by atoms with Crippen molar-refractivity contribution in [1.82, 2.24) is 5.32 Å². The number of carbonyl (C=O) groups is 1. The summed E-state index contributed by atoms with van der Waals surface area (Å²) in [5, 5.41) is 74.8. The molecule has 0 aromatic carbocycles. The van der Waals surface area contributed by atoms with Gasteiger partial charge in [0.05, 0.1) is 31.3 Å². The van der Waals surface area contributed by atoms with Gasteiger partial charge in [-0.2, -0.15) is 0 Å². The third kappa shape index (κ3) is 35.6. The minimum atomic E-state index is -5.15. The Balaban J connectivity index is 2.45. The first kappa shape index (κ1) is 65.8. The topological polar surface area (TPSA) is 226 Å². The molecule has 1 rings (SSSR count). The van der Waals surface area contributed by atoms with Crippen molar-refractivity contribution in [3.8, 4) is 0 Å². The second-order valence-electron chi connectivity index (χ2n) is 20.3. The van der Waals surface area contributed by atoms with Crippen LogP contribution in [0.1, 0.15) is 258 Å².